The Kier molecular flexibility index (Phi) is 6.78. The Morgan fingerprint density at radius 3 is 2.68 bits per heavy atom. The highest BCUT2D eigenvalue weighted by Gasteiger charge is 2.42. The first-order valence-electron chi connectivity index (χ1n) is 7.11. The lowest BCUT2D eigenvalue weighted by atomic mass is 9.91. The maximum Gasteiger partial charge on any atom is 0.331 e. The molecule has 1 aliphatic heterocycles. The molecule has 1 aliphatic rings. The van der Waals surface area contributed by atoms with Crippen LogP contribution >= 0.6 is 0 Å². The highest BCUT2D eigenvalue weighted by atomic mass is 16.6. The van der Waals surface area contributed by atoms with Gasteiger partial charge in [0.25, 0.3) is 0 Å². The van der Waals surface area contributed by atoms with Crippen molar-refractivity contribution < 1.29 is 19.1 Å². The Morgan fingerprint density at radius 2 is 2.11 bits per heavy atom. The highest BCUT2D eigenvalue weighted by Crippen LogP contribution is 2.34. The molecule has 4 unspecified atom stereocenters. The van der Waals surface area contributed by atoms with Gasteiger partial charge in [-0.25, -0.2) is 4.79 Å². The quantitative estimate of drug-likeness (QED) is 0.404. The van der Waals surface area contributed by atoms with Crippen molar-refractivity contribution >= 4 is 12.3 Å². The average Bonchev–Trinajstić information content (AvgIpc) is 2.70. The zero-order chi connectivity index (χ0) is 14.3. The molecular weight excluding hydrogens is 244 g/mol. The second kappa shape index (κ2) is 8.10. The Bertz CT molecular complexity index is 324. The van der Waals surface area contributed by atoms with E-state index < -0.39 is 5.97 Å². The molecule has 0 amide bonds. The predicted molar refractivity (Wildman–Crippen MR) is 72.7 cm³/mol. The number of aldehydes is 1. The van der Waals surface area contributed by atoms with Gasteiger partial charge in [0.1, 0.15) is 12.4 Å². The maximum atomic E-state index is 11.6. The van der Waals surface area contributed by atoms with Crippen LogP contribution in [0.2, 0.25) is 0 Å². The van der Waals surface area contributed by atoms with Crippen molar-refractivity contribution in [2.75, 3.05) is 0 Å². The minimum Gasteiger partial charge on any atom is -0.456 e. The van der Waals surface area contributed by atoms with Gasteiger partial charge in [0.2, 0.25) is 0 Å². The van der Waals surface area contributed by atoms with Gasteiger partial charge in [0.15, 0.2) is 0 Å². The summed E-state index contributed by atoms with van der Waals surface area (Å²) in [5.74, 6) is -0.225. The molecule has 1 saturated heterocycles. The molecule has 0 aromatic rings. The van der Waals surface area contributed by atoms with Crippen molar-refractivity contribution in [2.45, 2.75) is 64.8 Å². The third-order valence-corrected chi connectivity index (χ3v) is 3.63. The molecule has 0 aliphatic carbocycles. The molecule has 1 rings (SSSR count). The molecule has 4 nitrogen and oxygen atoms in total. The van der Waals surface area contributed by atoms with Crippen molar-refractivity contribution in [1.82, 2.24) is 0 Å². The number of carbonyl (C=O) groups excluding carboxylic acids is 2. The fourth-order valence-electron chi connectivity index (χ4n) is 2.67. The van der Waals surface area contributed by atoms with Gasteiger partial charge in [-0.1, -0.05) is 26.7 Å². The number of allylic oxidation sites excluding steroid dienone is 1. The van der Waals surface area contributed by atoms with E-state index in [2.05, 4.69) is 13.8 Å². The normalized spacial score (nSPS) is 30.7. The van der Waals surface area contributed by atoms with E-state index in [9.17, 15) is 9.59 Å². The Labute approximate surface area is 115 Å². The lowest BCUT2D eigenvalue weighted by Crippen LogP contribution is -2.31. The van der Waals surface area contributed by atoms with Gasteiger partial charge >= 0.3 is 5.97 Å². The van der Waals surface area contributed by atoms with Crippen molar-refractivity contribution in [2.24, 2.45) is 5.92 Å². The van der Waals surface area contributed by atoms with Gasteiger partial charge in [-0.3, -0.25) is 4.79 Å². The molecule has 0 N–H and O–H groups in total. The van der Waals surface area contributed by atoms with E-state index in [1.807, 2.05) is 6.92 Å². The number of hydrogen-bond acceptors (Lipinski definition) is 4. The van der Waals surface area contributed by atoms with Gasteiger partial charge in [-0.2, -0.15) is 0 Å². The van der Waals surface area contributed by atoms with Crippen LogP contribution in [-0.4, -0.2) is 30.6 Å². The Hall–Kier alpha value is -1.16. The molecule has 0 spiro atoms. The zero-order valence-corrected chi connectivity index (χ0v) is 12.0. The summed E-state index contributed by atoms with van der Waals surface area (Å²) in [5, 5.41) is 0. The minimum atomic E-state index is -0.470. The molecular formula is C15H24O4. The summed E-state index contributed by atoms with van der Waals surface area (Å²) in [6.45, 7) is 6.18. The van der Waals surface area contributed by atoms with Crippen LogP contribution in [0.3, 0.4) is 0 Å². The molecule has 0 bridgehead atoms. The Balaban J connectivity index is 2.62. The van der Waals surface area contributed by atoms with Crippen LogP contribution in [0.4, 0.5) is 0 Å². The summed E-state index contributed by atoms with van der Waals surface area (Å²) in [5.41, 5.74) is 0. The van der Waals surface area contributed by atoms with Gasteiger partial charge in [0, 0.05) is 12.0 Å². The van der Waals surface area contributed by atoms with Crippen LogP contribution < -0.4 is 0 Å². The average molecular weight is 268 g/mol. The van der Waals surface area contributed by atoms with Crippen molar-refractivity contribution in [3.63, 3.8) is 0 Å². The second-order valence-corrected chi connectivity index (χ2v) is 4.99. The van der Waals surface area contributed by atoms with Gasteiger partial charge < -0.3 is 9.47 Å². The zero-order valence-electron chi connectivity index (χ0n) is 12.0. The fraction of sp³-hybridized carbons (Fsp3) is 0.733. The standard InChI is InChI=1S/C15H24O4/c1-4-6-8-13-12(5-2)15(11(3)18-13)19-14(17)9-7-10-16/h7,9-13,15H,4-6,8H2,1-3H3/b9-7-. The van der Waals surface area contributed by atoms with Crippen LogP contribution in [-0.2, 0) is 19.1 Å². The van der Waals surface area contributed by atoms with E-state index in [0.29, 0.717) is 6.29 Å². The maximum absolute atomic E-state index is 11.6. The predicted octanol–water partition coefficient (Wildman–Crippen LogP) is 2.66. The van der Waals surface area contributed by atoms with Crippen LogP contribution in [0.5, 0.6) is 0 Å². The molecule has 0 aromatic carbocycles. The van der Waals surface area contributed by atoms with E-state index in [0.717, 1.165) is 37.8 Å². The number of esters is 1. The van der Waals surface area contributed by atoms with Gasteiger partial charge in [-0.05, 0) is 25.8 Å². The number of carbonyl (C=O) groups is 2. The van der Waals surface area contributed by atoms with Crippen molar-refractivity contribution in [3.05, 3.63) is 12.2 Å². The molecule has 0 saturated carbocycles. The van der Waals surface area contributed by atoms with E-state index in [1.54, 1.807) is 0 Å². The molecule has 1 fully saturated rings. The van der Waals surface area contributed by atoms with E-state index in [1.165, 1.54) is 0 Å². The first kappa shape index (κ1) is 15.9. The van der Waals surface area contributed by atoms with Crippen LogP contribution in [0.15, 0.2) is 12.2 Å². The molecule has 1 heterocycles. The molecule has 0 radical (unpaired) electrons. The number of hydrogen-bond donors (Lipinski definition) is 0. The molecule has 4 heteroatoms. The molecule has 4 atom stereocenters. The smallest absolute Gasteiger partial charge is 0.331 e. The van der Waals surface area contributed by atoms with Crippen LogP contribution in [0, 0.1) is 5.92 Å². The summed E-state index contributed by atoms with van der Waals surface area (Å²) < 4.78 is 11.3. The summed E-state index contributed by atoms with van der Waals surface area (Å²) in [7, 11) is 0. The summed E-state index contributed by atoms with van der Waals surface area (Å²) in [6, 6.07) is 0. The lowest BCUT2D eigenvalue weighted by Gasteiger charge is -2.21. The summed E-state index contributed by atoms with van der Waals surface area (Å²) >= 11 is 0. The number of ether oxygens (including phenoxy) is 2. The largest absolute Gasteiger partial charge is 0.456 e. The molecule has 108 valence electrons. The second-order valence-electron chi connectivity index (χ2n) is 4.99. The number of unbranched alkanes of at least 4 members (excludes halogenated alkanes) is 1. The third-order valence-electron chi connectivity index (χ3n) is 3.63. The summed E-state index contributed by atoms with van der Waals surface area (Å²) in [6.07, 6.45) is 6.95. The van der Waals surface area contributed by atoms with Gasteiger partial charge in [-0.15, -0.1) is 0 Å². The first-order chi connectivity index (χ1) is 9.13. The Morgan fingerprint density at radius 1 is 1.37 bits per heavy atom. The van der Waals surface area contributed by atoms with E-state index >= 15 is 0 Å². The molecule has 0 aromatic heterocycles. The van der Waals surface area contributed by atoms with Gasteiger partial charge in [0.05, 0.1) is 12.2 Å². The van der Waals surface area contributed by atoms with Crippen LogP contribution in [0.25, 0.3) is 0 Å². The molecule has 19 heavy (non-hydrogen) atoms. The topological polar surface area (TPSA) is 52.6 Å². The van der Waals surface area contributed by atoms with E-state index in [4.69, 9.17) is 9.47 Å². The monoisotopic (exact) mass is 268 g/mol. The minimum absolute atomic E-state index is 0.0830. The van der Waals surface area contributed by atoms with Crippen molar-refractivity contribution in [3.8, 4) is 0 Å². The van der Waals surface area contributed by atoms with E-state index in [-0.39, 0.29) is 24.2 Å². The summed E-state index contributed by atoms with van der Waals surface area (Å²) in [4.78, 5) is 21.7. The van der Waals surface area contributed by atoms with Crippen LogP contribution in [0.1, 0.15) is 46.5 Å². The third kappa shape index (κ3) is 4.46. The fourth-order valence-corrected chi connectivity index (χ4v) is 2.67. The number of rotatable bonds is 7. The SMILES string of the molecule is CCCCC1OC(C)C(OC(=O)/C=C\C=O)C1CC. The highest BCUT2D eigenvalue weighted by molar-refractivity contribution is 5.86. The lowest BCUT2D eigenvalue weighted by molar-refractivity contribution is -0.147. The van der Waals surface area contributed by atoms with Crippen molar-refractivity contribution in [1.29, 1.82) is 0 Å². The first-order valence-corrected chi connectivity index (χ1v) is 7.11.